The van der Waals surface area contributed by atoms with Crippen LogP contribution >= 0.6 is 0 Å². The van der Waals surface area contributed by atoms with Crippen LogP contribution in [-0.2, 0) is 11.8 Å². The van der Waals surface area contributed by atoms with Crippen LogP contribution in [0.15, 0.2) is 0 Å². The van der Waals surface area contributed by atoms with E-state index in [2.05, 4.69) is 29.6 Å². The molecule has 1 amide bonds. The van der Waals surface area contributed by atoms with Crippen molar-refractivity contribution in [2.45, 2.75) is 45.7 Å². The fraction of sp³-hybridized carbons (Fsp3) is 0.692. The van der Waals surface area contributed by atoms with Gasteiger partial charge in [0.2, 0.25) is 5.91 Å². The molecule has 5 nitrogen and oxygen atoms in total. The first kappa shape index (κ1) is 13.1. The van der Waals surface area contributed by atoms with E-state index in [1.165, 1.54) is 11.3 Å². The number of aromatic nitrogens is 2. The van der Waals surface area contributed by atoms with Crippen LogP contribution in [0.5, 0.6) is 0 Å². The Morgan fingerprint density at radius 3 is 2.72 bits per heavy atom. The quantitative estimate of drug-likeness (QED) is 0.840. The number of hydrogen-bond acceptors (Lipinski definition) is 3. The second-order valence-corrected chi connectivity index (χ2v) is 5.14. The maximum absolute atomic E-state index is 11.1. The topological polar surface area (TPSA) is 59.0 Å². The highest BCUT2D eigenvalue weighted by molar-refractivity contribution is 5.76. The maximum atomic E-state index is 11.1. The van der Waals surface area contributed by atoms with Gasteiger partial charge in [-0.25, -0.2) is 0 Å². The second-order valence-electron chi connectivity index (χ2n) is 5.14. The Bertz CT molecular complexity index is 442. The first-order valence-electron chi connectivity index (χ1n) is 6.52. The summed E-state index contributed by atoms with van der Waals surface area (Å²) in [5.74, 6) is 0.162. The molecule has 2 unspecified atom stereocenters. The molecule has 2 heterocycles. The van der Waals surface area contributed by atoms with E-state index in [9.17, 15) is 4.79 Å². The second kappa shape index (κ2) is 5.10. The molecule has 1 fully saturated rings. The third-order valence-electron chi connectivity index (χ3n) is 3.75. The van der Waals surface area contributed by atoms with E-state index < -0.39 is 0 Å². The predicted octanol–water partition coefficient (Wildman–Crippen LogP) is 0.966. The number of amides is 1. The molecule has 1 aliphatic heterocycles. The van der Waals surface area contributed by atoms with Crippen LogP contribution in [0.2, 0.25) is 0 Å². The van der Waals surface area contributed by atoms with Crippen molar-refractivity contribution in [1.82, 2.24) is 20.4 Å². The molecule has 2 atom stereocenters. The van der Waals surface area contributed by atoms with E-state index in [1.807, 2.05) is 18.7 Å². The van der Waals surface area contributed by atoms with Crippen molar-refractivity contribution in [2.75, 3.05) is 6.54 Å². The lowest BCUT2D eigenvalue weighted by Gasteiger charge is -2.27. The molecule has 100 valence electrons. The fourth-order valence-electron chi connectivity index (χ4n) is 2.73. The third-order valence-corrected chi connectivity index (χ3v) is 3.75. The molecule has 0 saturated carbocycles. The zero-order chi connectivity index (χ0) is 13.3. The number of nitrogens with zero attached hydrogens (tertiary/aromatic N) is 2. The average Bonchev–Trinajstić information content (AvgIpc) is 2.56. The van der Waals surface area contributed by atoms with Gasteiger partial charge in [-0.15, -0.1) is 0 Å². The highest BCUT2D eigenvalue weighted by Crippen LogP contribution is 2.21. The van der Waals surface area contributed by atoms with Crippen molar-refractivity contribution >= 4 is 5.91 Å². The van der Waals surface area contributed by atoms with Gasteiger partial charge in [-0.3, -0.25) is 9.48 Å². The van der Waals surface area contributed by atoms with Gasteiger partial charge in [0.1, 0.15) is 0 Å². The normalized spacial score (nSPS) is 21.8. The SMILES string of the molecule is Cc1nn(C)c(C)c1C(C)NC1CCC(=O)NC1. The standard InChI is InChI=1S/C13H22N4O/c1-8(13-9(2)16-17(4)10(13)3)15-11-5-6-12(18)14-7-11/h8,11,15H,5-7H2,1-4H3,(H,14,18). The summed E-state index contributed by atoms with van der Waals surface area (Å²) >= 11 is 0. The predicted molar refractivity (Wildman–Crippen MR) is 70.3 cm³/mol. The monoisotopic (exact) mass is 250 g/mol. The van der Waals surface area contributed by atoms with E-state index in [1.54, 1.807) is 0 Å². The minimum atomic E-state index is 0.162. The number of hydrogen-bond donors (Lipinski definition) is 2. The summed E-state index contributed by atoms with van der Waals surface area (Å²) in [6, 6.07) is 0.621. The summed E-state index contributed by atoms with van der Waals surface area (Å²) in [4.78, 5) is 11.1. The molecule has 0 bridgehead atoms. The molecule has 2 N–H and O–H groups in total. The van der Waals surface area contributed by atoms with E-state index >= 15 is 0 Å². The fourth-order valence-corrected chi connectivity index (χ4v) is 2.73. The van der Waals surface area contributed by atoms with Crippen molar-refractivity contribution in [1.29, 1.82) is 0 Å². The van der Waals surface area contributed by atoms with E-state index in [0.717, 1.165) is 18.7 Å². The maximum Gasteiger partial charge on any atom is 0.220 e. The highest BCUT2D eigenvalue weighted by Gasteiger charge is 2.22. The molecule has 0 radical (unpaired) electrons. The van der Waals surface area contributed by atoms with Crippen LogP contribution in [0.25, 0.3) is 0 Å². The molecule has 0 aromatic carbocycles. The van der Waals surface area contributed by atoms with Crippen LogP contribution in [0, 0.1) is 13.8 Å². The van der Waals surface area contributed by atoms with Crippen molar-refractivity contribution in [2.24, 2.45) is 7.05 Å². The van der Waals surface area contributed by atoms with Gasteiger partial charge in [0.15, 0.2) is 0 Å². The van der Waals surface area contributed by atoms with E-state index in [-0.39, 0.29) is 11.9 Å². The lowest BCUT2D eigenvalue weighted by molar-refractivity contribution is -0.122. The van der Waals surface area contributed by atoms with Crippen molar-refractivity contribution < 1.29 is 4.79 Å². The van der Waals surface area contributed by atoms with Crippen LogP contribution in [0.4, 0.5) is 0 Å². The Balaban J connectivity index is 2.03. The van der Waals surface area contributed by atoms with E-state index in [0.29, 0.717) is 12.5 Å². The molecule has 2 rings (SSSR count). The third kappa shape index (κ3) is 2.56. The van der Waals surface area contributed by atoms with Gasteiger partial charge in [0, 0.05) is 43.4 Å². The first-order valence-corrected chi connectivity index (χ1v) is 6.52. The Morgan fingerprint density at radius 2 is 2.22 bits per heavy atom. The van der Waals surface area contributed by atoms with Crippen molar-refractivity contribution in [3.8, 4) is 0 Å². The van der Waals surface area contributed by atoms with Gasteiger partial charge in [0.05, 0.1) is 5.69 Å². The number of carbonyl (C=O) groups excluding carboxylic acids is 1. The molecule has 0 aliphatic carbocycles. The average molecular weight is 250 g/mol. The van der Waals surface area contributed by atoms with Crippen LogP contribution in [0.3, 0.4) is 0 Å². The molecule has 5 heteroatoms. The van der Waals surface area contributed by atoms with E-state index in [4.69, 9.17) is 0 Å². The molecule has 1 aromatic rings. The number of aryl methyl sites for hydroxylation is 2. The summed E-state index contributed by atoms with van der Waals surface area (Å²) in [6.07, 6.45) is 1.53. The minimum Gasteiger partial charge on any atom is -0.355 e. The molecule has 1 saturated heterocycles. The highest BCUT2D eigenvalue weighted by atomic mass is 16.1. The Kier molecular flexibility index (Phi) is 3.71. The van der Waals surface area contributed by atoms with Gasteiger partial charge in [-0.05, 0) is 27.2 Å². The molecular formula is C13H22N4O. The lowest BCUT2D eigenvalue weighted by Crippen LogP contribution is -2.46. The summed E-state index contributed by atoms with van der Waals surface area (Å²) < 4.78 is 1.92. The molecule has 0 spiro atoms. The smallest absolute Gasteiger partial charge is 0.220 e. The Morgan fingerprint density at radius 1 is 1.50 bits per heavy atom. The zero-order valence-corrected chi connectivity index (χ0v) is 11.6. The summed E-state index contributed by atoms with van der Waals surface area (Å²) in [5.41, 5.74) is 3.55. The van der Waals surface area contributed by atoms with Gasteiger partial charge >= 0.3 is 0 Å². The zero-order valence-electron chi connectivity index (χ0n) is 11.6. The minimum absolute atomic E-state index is 0.162. The molecule has 1 aliphatic rings. The number of carbonyl (C=O) groups is 1. The summed E-state index contributed by atoms with van der Waals surface area (Å²) in [6.45, 7) is 7.02. The summed E-state index contributed by atoms with van der Waals surface area (Å²) in [5, 5.41) is 10.9. The van der Waals surface area contributed by atoms with Crippen LogP contribution < -0.4 is 10.6 Å². The van der Waals surface area contributed by atoms with Crippen LogP contribution in [0.1, 0.15) is 42.8 Å². The number of nitrogens with one attached hydrogen (secondary N) is 2. The number of piperidine rings is 1. The Hall–Kier alpha value is -1.36. The molecular weight excluding hydrogens is 228 g/mol. The van der Waals surface area contributed by atoms with Gasteiger partial charge < -0.3 is 10.6 Å². The summed E-state index contributed by atoms with van der Waals surface area (Å²) in [7, 11) is 1.97. The molecule has 18 heavy (non-hydrogen) atoms. The van der Waals surface area contributed by atoms with Gasteiger partial charge in [0.25, 0.3) is 0 Å². The number of rotatable bonds is 3. The largest absolute Gasteiger partial charge is 0.355 e. The van der Waals surface area contributed by atoms with Crippen molar-refractivity contribution in [3.63, 3.8) is 0 Å². The van der Waals surface area contributed by atoms with Crippen LogP contribution in [-0.4, -0.2) is 28.3 Å². The van der Waals surface area contributed by atoms with Crippen molar-refractivity contribution in [3.05, 3.63) is 17.0 Å². The first-order chi connectivity index (χ1) is 8.49. The van der Waals surface area contributed by atoms with Gasteiger partial charge in [-0.1, -0.05) is 0 Å². The van der Waals surface area contributed by atoms with Gasteiger partial charge in [-0.2, -0.15) is 5.10 Å². The molecule has 1 aromatic heterocycles. The Labute approximate surface area is 108 Å². The lowest BCUT2D eigenvalue weighted by atomic mass is 10.0.